The molecule has 1 heterocycles. The number of hydrogen-bond acceptors (Lipinski definition) is 6. The molecule has 0 saturated heterocycles. The average Bonchev–Trinajstić information content (AvgIpc) is 2.79. The molecule has 0 fully saturated rings. The molecular formula is C24H23NO6. The Kier molecular flexibility index (Phi) is 5.31. The largest absolute Gasteiger partial charge is 0.507 e. The lowest BCUT2D eigenvalue weighted by molar-refractivity contribution is -0.142. The molecule has 3 aromatic carbocycles. The zero-order valence-corrected chi connectivity index (χ0v) is 17.4. The third-order valence-corrected chi connectivity index (χ3v) is 5.58. The van der Waals surface area contributed by atoms with E-state index in [0.717, 1.165) is 0 Å². The molecule has 1 amide bonds. The van der Waals surface area contributed by atoms with E-state index in [1.807, 2.05) is 12.1 Å². The molecule has 31 heavy (non-hydrogen) atoms. The van der Waals surface area contributed by atoms with Crippen LogP contribution in [0.5, 0.6) is 17.2 Å². The van der Waals surface area contributed by atoms with Crippen LogP contribution in [0.2, 0.25) is 0 Å². The molecule has 3 aromatic rings. The number of phenolic OH excluding ortho intramolecular Hbond substituents is 1. The van der Waals surface area contributed by atoms with E-state index in [4.69, 9.17) is 14.2 Å². The standard InChI is InChI=1S/C24H23NO6/c1-29-16-9-7-15(8-10-16)24(28)20-19(25-23(27)22(24)31-3)12-11-18(21(20)26)14-5-4-6-17(13-14)30-2/h4-13,22,26,28H,1-3H3,(H,25,27). The predicted molar refractivity (Wildman–Crippen MR) is 116 cm³/mol. The Bertz CT molecular complexity index is 1130. The molecule has 0 aliphatic carbocycles. The number of carbonyl (C=O) groups is 1. The topological polar surface area (TPSA) is 97.3 Å². The van der Waals surface area contributed by atoms with Crippen molar-refractivity contribution in [1.82, 2.24) is 0 Å². The van der Waals surface area contributed by atoms with E-state index in [-0.39, 0.29) is 11.3 Å². The summed E-state index contributed by atoms with van der Waals surface area (Å²) in [7, 11) is 4.44. The van der Waals surface area contributed by atoms with Crippen LogP contribution in [0, 0.1) is 0 Å². The maximum Gasteiger partial charge on any atom is 0.257 e. The number of aromatic hydroxyl groups is 1. The number of fused-ring (bicyclic) bond motifs is 1. The molecule has 1 aliphatic heterocycles. The third-order valence-electron chi connectivity index (χ3n) is 5.58. The fourth-order valence-corrected chi connectivity index (χ4v) is 4.04. The van der Waals surface area contributed by atoms with Crippen molar-refractivity contribution in [2.45, 2.75) is 11.7 Å². The number of aliphatic hydroxyl groups is 1. The van der Waals surface area contributed by atoms with Gasteiger partial charge in [-0.3, -0.25) is 4.79 Å². The van der Waals surface area contributed by atoms with Crippen LogP contribution in [-0.4, -0.2) is 43.6 Å². The molecule has 4 rings (SSSR count). The van der Waals surface area contributed by atoms with Gasteiger partial charge in [-0.2, -0.15) is 0 Å². The lowest BCUT2D eigenvalue weighted by Gasteiger charge is -2.40. The first-order valence-corrected chi connectivity index (χ1v) is 9.65. The van der Waals surface area contributed by atoms with Crippen LogP contribution in [0.1, 0.15) is 11.1 Å². The molecular weight excluding hydrogens is 398 g/mol. The normalized spacial score (nSPS) is 20.0. The Balaban J connectivity index is 1.97. The number of amides is 1. The van der Waals surface area contributed by atoms with Crippen LogP contribution in [0.15, 0.2) is 60.7 Å². The number of carbonyl (C=O) groups excluding carboxylic acids is 1. The molecule has 0 radical (unpaired) electrons. The van der Waals surface area contributed by atoms with Crippen LogP contribution in [0.3, 0.4) is 0 Å². The van der Waals surface area contributed by atoms with Gasteiger partial charge in [0.1, 0.15) is 17.2 Å². The molecule has 0 spiro atoms. The monoisotopic (exact) mass is 421 g/mol. The van der Waals surface area contributed by atoms with E-state index in [1.165, 1.54) is 14.2 Å². The minimum Gasteiger partial charge on any atom is -0.507 e. The summed E-state index contributed by atoms with van der Waals surface area (Å²) in [6, 6.07) is 17.2. The van der Waals surface area contributed by atoms with Crippen LogP contribution in [0.25, 0.3) is 11.1 Å². The van der Waals surface area contributed by atoms with Gasteiger partial charge in [-0.05, 0) is 47.5 Å². The number of rotatable bonds is 5. The maximum atomic E-state index is 12.7. The predicted octanol–water partition coefficient (Wildman–Crippen LogP) is 3.28. The molecule has 3 N–H and O–H groups in total. The summed E-state index contributed by atoms with van der Waals surface area (Å²) in [4.78, 5) is 12.7. The van der Waals surface area contributed by atoms with E-state index in [9.17, 15) is 15.0 Å². The summed E-state index contributed by atoms with van der Waals surface area (Å²) < 4.78 is 15.9. The van der Waals surface area contributed by atoms with Crippen molar-refractivity contribution < 1.29 is 29.2 Å². The Morgan fingerprint density at radius 1 is 0.935 bits per heavy atom. The highest BCUT2D eigenvalue weighted by Gasteiger charge is 2.51. The average molecular weight is 421 g/mol. The zero-order chi connectivity index (χ0) is 22.2. The summed E-state index contributed by atoms with van der Waals surface area (Å²) in [5.74, 6) is 0.548. The quantitative estimate of drug-likeness (QED) is 0.585. The lowest BCUT2D eigenvalue weighted by atomic mass is 9.76. The number of hydrogen-bond donors (Lipinski definition) is 3. The van der Waals surface area contributed by atoms with Crippen molar-refractivity contribution in [1.29, 1.82) is 0 Å². The highest BCUT2D eigenvalue weighted by molar-refractivity contribution is 6.01. The van der Waals surface area contributed by atoms with Crippen LogP contribution in [0.4, 0.5) is 5.69 Å². The maximum absolute atomic E-state index is 12.7. The molecule has 2 unspecified atom stereocenters. The first kappa shape index (κ1) is 20.7. The Hall–Kier alpha value is -3.55. The van der Waals surface area contributed by atoms with Crippen molar-refractivity contribution in [2.24, 2.45) is 0 Å². The second-order valence-corrected chi connectivity index (χ2v) is 7.22. The summed E-state index contributed by atoms with van der Waals surface area (Å²) >= 11 is 0. The van der Waals surface area contributed by atoms with Gasteiger partial charge in [0.25, 0.3) is 5.91 Å². The van der Waals surface area contributed by atoms with Gasteiger partial charge >= 0.3 is 0 Å². The Morgan fingerprint density at radius 3 is 2.29 bits per heavy atom. The fourth-order valence-electron chi connectivity index (χ4n) is 4.04. The number of phenols is 1. The summed E-state index contributed by atoms with van der Waals surface area (Å²) in [5, 5.41) is 26.0. The van der Waals surface area contributed by atoms with Gasteiger partial charge in [-0.15, -0.1) is 0 Å². The SMILES string of the molecule is COc1ccc(C2(O)c3c(ccc(-c4cccc(OC)c4)c3O)NC(=O)C2OC)cc1. The summed E-state index contributed by atoms with van der Waals surface area (Å²) in [6.45, 7) is 0. The molecule has 0 bridgehead atoms. The number of methoxy groups -OCH3 is 3. The zero-order valence-electron chi connectivity index (χ0n) is 17.4. The minimum absolute atomic E-state index is 0.157. The first-order chi connectivity index (χ1) is 14.9. The van der Waals surface area contributed by atoms with Gasteiger partial charge in [0.2, 0.25) is 0 Å². The van der Waals surface area contributed by atoms with Gasteiger partial charge in [-0.1, -0.05) is 24.3 Å². The highest BCUT2D eigenvalue weighted by Crippen LogP contribution is 2.50. The van der Waals surface area contributed by atoms with E-state index in [0.29, 0.717) is 33.9 Å². The van der Waals surface area contributed by atoms with E-state index < -0.39 is 17.6 Å². The van der Waals surface area contributed by atoms with Gasteiger partial charge < -0.3 is 29.7 Å². The van der Waals surface area contributed by atoms with Crippen LogP contribution < -0.4 is 14.8 Å². The molecule has 160 valence electrons. The fraction of sp³-hybridized carbons (Fsp3) is 0.208. The second kappa shape index (κ2) is 7.94. The Morgan fingerprint density at radius 2 is 1.65 bits per heavy atom. The lowest BCUT2D eigenvalue weighted by Crippen LogP contribution is -2.52. The highest BCUT2D eigenvalue weighted by atomic mass is 16.5. The number of benzene rings is 3. The molecule has 7 heteroatoms. The van der Waals surface area contributed by atoms with E-state index in [2.05, 4.69) is 5.32 Å². The van der Waals surface area contributed by atoms with Crippen molar-refractivity contribution in [2.75, 3.05) is 26.6 Å². The number of nitrogens with one attached hydrogen (secondary N) is 1. The van der Waals surface area contributed by atoms with Gasteiger partial charge in [-0.25, -0.2) is 0 Å². The minimum atomic E-state index is -1.93. The first-order valence-electron chi connectivity index (χ1n) is 9.65. The molecule has 0 aromatic heterocycles. The van der Waals surface area contributed by atoms with Crippen molar-refractivity contribution in [3.05, 3.63) is 71.8 Å². The summed E-state index contributed by atoms with van der Waals surface area (Å²) in [6.07, 6.45) is -1.28. The van der Waals surface area contributed by atoms with E-state index >= 15 is 0 Å². The van der Waals surface area contributed by atoms with E-state index in [1.54, 1.807) is 55.6 Å². The summed E-state index contributed by atoms with van der Waals surface area (Å²) in [5.41, 5.74) is 0.0928. The number of anilines is 1. The Labute approximate surface area is 179 Å². The molecule has 1 aliphatic rings. The van der Waals surface area contributed by atoms with Gasteiger partial charge in [0, 0.05) is 12.7 Å². The van der Waals surface area contributed by atoms with Crippen LogP contribution >= 0.6 is 0 Å². The van der Waals surface area contributed by atoms with Crippen molar-refractivity contribution in [3.63, 3.8) is 0 Å². The van der Waals surface area contributed by atoms with Crippen molar-refractivity contribution >= 4 is 11.6 Å². The molecule has 2 atom stereocenters. The third kappa shape index (κ3) is 3.28. The van der Waals surface area contributed by atoms with Gasteiger partial charge in [0.05, 0.1) is 25.5 Å². The number of ether oxygens (including phenoxy) is 3. The molecule has 7 nitrogen and oxygen atoms in total. The molecule has 0 saturated carbocycles. The van der Waals surface area contributed by atoms with Crippen LogP contribution in [-0.2, 0) is 15.1 Å². The smallest absolute Gasteiger partial charge is 0.257 e. The second-order valence-electron chi connectivity index (χ2n) is 7.22. The van der Waals surface area contributed by atoms with Gasteiger partial charge in [0.15, 0.2) is 11.7 Å². The van der Waals surface area contributed by atoms with Crippen molar-refractivity contribution in [3.8, 4) is 28.4 Å².